The van der Waals surface area contributed by atoms with Crippen LogP contribution in [0.3, 0.4) is 0 Å². The molecule has 0 aliphatic heterocycles. The molecule has 168 valence electrons. The normalized spacial score (nSPS) is 11.9. The quantitative estimate of drug-likeness (QED) is 0.343. The lowest BCUT2D eigenvalue weighted by atomic mass is 10.2. The van der Waals surface area contributed by atoms with E-state index in [2.05, 4.69) is 10.3 Å². The molecule has 1 atom stereocenters. The Morgan fingerprint density at radius 2 is 1.73 bits per heavy atom. The summed E-state index contributed by atoms with van der Waals surface area (Å²) in [5.41, 5.74) is 1.87. The zero-order chi connectivity index (χ0) is 23.7. The number of para-hydroxylation sites is 1. The number of nitrogens with zero attached hydrogens (tertiary/aromatic N) is 2. The van der Waals surface area contributed by atoms with Crippen LogP contribution in [-0.4, -0.2) is 27.5 Å². The maximum atomic E-state index is 13.8. The molecule has 1 heterocycles. The van der Waals surface area contributed by atoms with Crippen molar-refractivity contribution in [2.45, 2.75) is 20.0 Å². The van der Waals surface area contributed by atoms with E-state index in [0.29, 0.717) is 11.6 Å². The van der Waals surface area contributed by atoms with E-state index in [4.69, 9.17) is 4.74 Å². The molecule has 4 rings (SSSR count). The number of amides is 1. The average Bonchev–Trinajstić information content (AvgIpc) is 3.14. The number of fused-ring (bicyclic) bond motifs is 1. The summed E-state index contributed by atoms with van der Waals surface area (Å²) in [5.74, 6) is -5.61. The van der Waals surface area contributed by atoms with Crippen LogP contribution >= 0.6 is 0 Å². The second-order valence-corrected chi connectivity index (χ2v) is 7.29. The summed E-state index contributed by atoms with van der Waals surface area (Å²) in [6.07, 6.45) is -1.33. The molecule has 0 bridgehead atoms. The summed E-state index contributed by atoms with van der Waals surface area (Å²) in [7, 11) is 0. The van der Waals surface area contributed by atoms with Crippen molar-refractivity contribution in [2.75, 3.05) is 5.32 Å². The SMILES string of the molecule is Cc1nc2cc(C(=O)OC(C)C(=O)Nc3ccc(F)c(F)c3F)ccc2n1-c1ccccc1. The first-order chi connectivity index (χ1) is 15.8. The molecule has 4 aromatic rings. The summed E-state index contributed by atoms with van der Waals surface area (Å²) in [6.45, 7) is 3.12. The highest BCUT2D eigenvalue weighted by Crippen LogP contribution is 2.23. The molecule has 3 aromatic carbocycles. The van der Waals surface area contributed by atoms with E-state index in [0.717, 1.165) is 23.1 Å². The predicted molar refractivity (Wildman–Crippen MR) is 116 cm³/mol. The third-order valence-electron chi connectivity index (χ3n) is 5.02. The largest absolute Gasteiger partial charge is 0.449 e. The summed E-state index contributed by atoms with van der Waals surface area (Å²) in [5, 5.41) is 2.08. The van der Waals surface area contributed by atoms with Gasteiger partial charge in [0, 0.05) is 5.69 Å². The van der Waals surface area contributed by atoms with Crippen molar-refractivity contribution in [3.8, 4) is 5.69 Å². The van der Waals surface area contributed by atoms with Gasteiger partial charge >= 0.3 is 5.97 Å². The van der Waals surface area contributed by atoms with Crippen LogP contribution in [0.1, 0.15) is 23.1 Å². The molecule has 1 N–H and O–H groups in total. The summed E-state index contributed by atoms with van der Waals surface area (Å²) in [6, 6.07) is 16.0. The minimum Gasteiger partial charge on any atom is -0.449 e. The fourth-order valence-electron chi connectivity index (χ4n) is 3.37. The van der Waals surface area contributed by atoms with Gasteiger partial charge in [0.25, 0.3) is 5.91 Å². The number of hydrogen-bond acceptors (Lipinski definition) is 4. The Hall–Kier alpha value is -4.14. The third kappa shape index (κ3) is 4.30. The molecule has 33 heavy (non-hydrogen) atoms. The number of esters is 1. The van der Waals surface area contributed by atoms with Crippen molar-refractivity contribution in [2.24, 2.45) is 0 Å². The molecule has 0 aliphatic carbocycles. The van der Waals surface area contributed by atoms with E-state index in [1.54, 1.807) is 18.2 Å². The third-order valence-corrected chi connectivity index (χ3v) is 5.02. The van der Waals surface area contributed by atoms with Crippen molar-refractivity contribution < 1.29 is 27.5 Å². The molecule has 0 saturated heterocycles. The maximum absolute atomic E-state index is 13.8. The van der Waals surface area contributed by atoms with Gasteiger partial charge in [-0.25, -0.2) is 22.9 Å². The van der Waals surface area contributed by atoms with Gasteiger partial charge in [-0.1, -0.05) is 18.2 Å². The Morgan fingerprint density at radius 3 is 2.45 bits per heavy atom. The summed E-state index contributed by atoms with van der Waals surface area (Å²) < 4.78 is 47.3. The zero-order valence-corrected chi connectivity index (χ0v) is 17.6. The molecule has 1 unspecified atom stereocenters. The van der Waals surface area contributed by atoms with Gasteiger partial charge in [0.15, 0.2) is 23.6 Å². The van der Waals surface area contributed by atoms with Crippen LogP contribution in [0.25, 0.3) is 16.7 Å². The highest BCUT2D eigenvalue weighted by atomic mass is 19.2. The van der Waals surface area contributed by atoms with Crippen LogP contribution < -0.4 is 5.32 Å². The number of imidazole rings is 1. The molecule has 6 nitrogen and oxygen atoms in total. The first-order valence-corrected chi connectivity index (χ1v) is 9.96. The number of carbonyl (C=O) groups is 2. The smallest absolute Gasteiger partial charge is 0.338 e. The highest BCUT2D eigenvalue weighted by molar-refractivity contribution is 5.98. The van der Waals surface area contributed by atoms with E-state index in [9.17, 15) is 22.8 Å². The molecular weight excluding hydrogens is 435 g/mol. The van der Waals surface area contributed by atoms with E-state index in [1.165, 1.54) is 6.92 Å². The average molecular weight is 453 g/mol. The van der Waals surface area contributed by atoms with Crippen molar-refractivity contribution in [3.63, 3.8) is 0 Å². The Labute approximate surface area is 186 Å². The Kier molecular flexibility index (Phi) is 5.87. The standard InChI is InChI=1S/C24H18F3N3O3/c1-13(23(31)29-18-10-9-17(25)21(26)22(18)27)33-24(32)15-8-11-20-19(12-15)28-14(2)30(20)16-6-4-3-5-7-16/h3-13H,1-2H3,(H,29,31). The van der Waals surface area contributed by atoms with Gasteiger partial charge in [0.2, 0.25) is 0 Å². The van der Waals surface area contributed by atoms with Gasteiger partial charge in [-0.05, 0) is 56.3 Å². The lowest BCUT2D eigenvalue weighted by molar-refractivity contribution is -0.123. The molecule has 9 heteroatoms. The van der Waals surface area contributed by atoms with Crippen LogP contribution in [0.2, 0.25) is 0 Å². The second-order valence-electron chi connectivity index (χ2n) is 7.29. The number of ether oxygens (including phenoxy) is 1. The second kappa shape index (κ2) is 8.78. The summed E-state index contributed by atoms with van der Waals surface area (Å²) >= 11 is 0. The molecule has 0 saturated carbocycles. The molecule has 0 spiro atoms. The van der Waals surface area contributed by atoms with E-state index in [-0.39, 0.29) is 5.56 Å². The first kappa shape index (κ1) is 22.1. The van der Waals surface area contributed by atoms with E-state index in [1.807, 2.05) is 41.8 Å². The molecule has 0 aliphatic rings. The zero-order valence-electron chi connectivity index (χ0n) is 17.6. The van der Waals surface area contributed by atoms with E-state index < -0.39 is 41.1 Å². The number of benzene rings is 3. The van der Waals surface area contributed by atoms with Crippen LogP contribution in [0.4, 0.5) is 18.9 Å². The number of anilines is 1. The number of halogens is 3. The molecule has 1 aromatic heterocycles. The number of hydrogen-bond donors (Lipinski definition) is 1. The van der Waals surface area contributed by atoms with Crippen LogP contribution in [0.5, 0.6) is 0 Å². The number of rotatable bonds is 5. The Morgan fingerprint density at radius 1 is 1.00 bits per heavy atom. The molecular formula is C24H18F3N3O3. The minimum atomic E-state index is -1.71. The van der Waals surface area contributed by atoms with Gasteiger partial charge in [-0.3, -0.25) is 9.36 Å². The first-order valence-electron chi connectivity index (χ1n) is 9.96. The number of nitrogens with one attached hydrogen (secondary N) is 1. The van der Waals surface area contributed by atoms with Gasteiger partial charge in [0.1, 0.15) is 5.82 Å². The highest BCUT2D eigenvalue weighted by Gasteiger charge is 2.22. The number of aryl methyl sites for hydroxylation is 1. The fourth-order valence-corrected chi connectivity index (χ4v) is 3.37. The van der Waals surface area contributed by atoms with Gasteiger partial charge in [-0.15, -0.1) is 0 Å². The molecule has 0 fully saturated rings. The predicted octanol–water partition coefficient (Wildman–Crippen LogP) is 4.94. The molecule has 1 amide bonds. The van der Waals surface area contributed by atoms with Crippen LogP contribution in [0, 0.1) is 24.4 Å². The lowest BCUT2D eigenvalue weighted by Gasteiger charge is -2.14. The van der Waals surface area contributed by atoms with E-state index >= 15 is 0 Å². The van der Waals surface area contributed by atoms with Gasteiger partial charge in [0.05, 0.1) is 22.3 Å². The van der Waals surface area contributed by atoms with Crippen LogP contribution in [0.15, 0.2) is 60.7 Å². The Balaban J connectivity index is 1.51. The maximum Gasteiger partial charge on any atom is 0.338 e. The van der Waals surface area contributed by atoms with Crippen molar-refractivity contribution in [3.05, 3.63) is 89.5 Å². The number of aromatic nitrogens is 2. The van der Waals surface area contributed by atoms with Crippen molar-refractivity contribution >= 4 is 28.6 Å². The number of carbonyl (C=O) groups excluding carboxylic acids is 2. The van der Waals surface area contributed by atoms with Gasteiger partial charge < -0.3 is 10.1 Å². The topological polar surface area (TPSA) is 73.2 Å². The van der Waals surface area contributed by atoms with Gasteiger partial charge in [-0.2, -0.15) is 0 Å². The lowest BCUT2D eigenvalue weighted by Crippen LogP contribution is -2.30. The molecule has 0 radical (unpaired) electrons. The fraction of sp³-hybridized carbons (Fsp3) is 0.125. The van der Waals surface area contributed by atoms with Crippen molar-refractivity contribution in [1.82, 2.24) is 9.55 Å². The minimum absolute atomic E-state index is 0.166. The summed E-state index contributed by atoms with van der Waals surface area (Å²) in [4.78, 5) is 29.3. The van der Waals surface area contributed by atoms with Crippen LogP contribution in [-0.2, 0) is 9.53 Å². The monoisotopic (exact) mass is 453 g/mol. The Bertz CT molecular complexity index is 1370. The van der Waals surface area contributed by atoms with Crippen molar-refractivity contribution in [1.29, 1.82) is 0 Å².